The number of aromatic nitrogens is 8. The number of tetrazole rings is 1. The van der Waals surface area contributed by atoms with Gasteiger partial charge in [-0.25, -0.2) is 9.97 Å². The van der Waals surface area contributed by atoms with Gasteiger partial charge in [0.05, 0.1) is 18.1 Å². The zero-order chi connectivity index (χ0) is 30.2. The second-order valence-corrected chi connectivity index (χ2v) is 10.4. The lowest BCUT2D eigenvalue weighted by atomic mass is 10.0. The van der Waals surface area contributed by atoms with E-state index in [9.17, 15) is 13.6 Å². The van der Waals surface area contributed by atoms with E-state index in [1.54, 1.807) is 29.6 Å². The van der Waals surface area contributed by atoms with Crippen LogP contribution >= 0.6 is 0 Å². The van der Waals surface area contributed by atoms with Crippen LogP contribution in [0.25, 0.3) is 33.8 Å². The number of halogens is 2. The van der Waals surface area contributed by atoms with Gasteiger partial charge in [0.2, 0.25) is 5.89 Å². The molecule has 6 aromatic rings. The molecule has 44 heavy (non-hydrogen) atoms. The third kappa shape index (κ3) is 5.30. The minimum atomic E-state index is -2.88. The first-order valence-corrected chi connectivity index (χ1v) is 13.9. The number of rotatable bonds is 7. The molecule has 0 spiro atoms. The van der Waals surface area contributed by atoms with Crippen molar-refractivity contribution >= 4 is 17.0 Å². The van der Waals surface area contributed by atoms with E-state index in [0.29, 0.717) is 53.5 Å². The average Bonchev–Trinajstić information content (AvgIpc) is 3.82. The van der Waals surface area contributed by atoms with Gasteiger partial charge >= 0.3 is 6.55 Å². The van der Waals surface area contributed by atoms with Crippen LogP contribution in [0.15, 0.2) is 83.8 Å². The van der Waals surface area contributed by atoms with Gasteiger partial charge in [-0.3, -0.25) is 14.7 Å². The number of aryl methyl sites for hydroxylation is 1. The normalized spacial score (nSPS) is 14.9. The standard InChI is InChI=1S/C30H26F2N10O2/c1-39-17-24(34-18-39)20-7-8-25-22(15-20)35-28(44-25)21-9-10-33-23(16-21)29(43)41-13-11-40(12-14-41)26(19-5-3-2-4-6-19)27-36-38-42(37-27)30(31)32/h2-10,15-18,26,30H,11-14H2,1H3/t26-/m1/s1. The van der Waals surface area contributed by atoms with E-state index in [4.69, 9.17) is 4.42 Å². The molecule has 0 N–H and O–H groups in total. The van der Waals surface area contributed by atoms with Gasteiger partial charge in [-0.2, -0.15) is 8.78 Å². The Hall–Kier alpha value is -5.37. The van der Waals surface area contributed by atoms with Crippen LogP contribution in [0.1, 0.15) is 34.5 Å². The number of oxazole rings is 1. The Bertz CT molecular complexity index is 1930. The van der Waals surface area contributed by atoms with Crippen molar-refractivity contribution in [2.75, 3.05) is 26.2 Å². The molecule has 5 heterocycles. The topological polar surface area (TPSA) is 124 Å². The number of imidazole rings is 1. The highest BCUT2D eigenvalue weighted by Crippen LogP contribution is 2.30. The summed E-state index contributed by atoms with van der Waals surface area (Å²) < 4.78 is 34.3. The van der Waals surface area contributed by atoms with Gasteiger partial charge in [0.1, 0.15) is 11.2 Å². The Morgan fingerprint density at radius 3 is 2.50 bits per heavy atom. The lowest BCUT2D eigenvalue weighted by Gasteiger charge is -2.38. The summed E-state index contributed by atoms with van der Waals surface area (Å²) in [6.45, 7) is -1.15. The molecule has 1 fully saturated rings. The predicted octanol–water partition coefficient (Wildman–Crippen LogP) is 4.22. The number of hydrogen-bond acceptors (Lipinski definition) is 9. The van der Waals surface area contributed by atoms with Gasteiger partial charge in [0.25, 0.3) is 5.91 Å². The molecular weight excluding hydrogens is 570 g/mol. The van der Waals surface area contributed by atoms with Crippen LogP contribution in [0.4, 0.5) is 8.78 Å². The maximum Gasteiger partial charge on any atom is 0.350 e. The van der Waals surface area contributed by atoms with Gasteiger partial charge < -0.3 is 13.9 Å². The third-order valence-corrected chi connectivity index (χ3v) is 7.56. The van der Waals surface area contributed by atoms with Crippen LogP contribution in [0.3, 0.4) is 0 Å². The molecule has 0 unspecified atom stereocenters. The number of alkyl halides is 2. The second-order valence-electron chi connectivity index (χ2n) is 10.4. The van der Waals surface area contributed by atoms with Crippen molar-refractivity contribution in [2.45, 2.75) is 12.6 Å². The van der Waals surface area contributed by atoms with Crippen LogP contribution < -0.4 is 0 Å². The second kappa shape index (κ2) is 11.4. The maximum absolute atomic E-state index is 13.5. The Morgan fingerprint density at radius 2 is 1.77 bits per heavy atom. The van der Waals surface area contributed by atoms with Crippen LogP contribution in [0, 0.1) is 0 Å². The lowest BCUT2D eigenvalue weighted by molar-refractivity contribution is 0.0385. The Balaban J connectivity index is 1.08. The summed E-state index contributed by atoms with van der Waals surface area (Å²) in [7, 11) is 1.91. The van der Waals surface area contributed by atoms with E-state index in [0.717, 1.165) is 16.8 Å². The van der Waals surface area contributed by atoms with E-state index in [1.807, 2.05) is 66.3 Å². The molecule has 2 aromatic carbocycles. The first-order valence-electron chi connectivity index (χ1n) is 13.9. The molecule has 0 saturated carbocycles. The number of carbonyl (C=O) groups is 1. The minimum absolute atomic E-state index is 0.177. The number of pyridine rings is 1. The summed E-state index contributed by atoms with van der Waals surface area (Å²) >= 11 is 0. The van der Waals surface area contributed by atoms with E-state index < -0.39 is 12.6 Å². The zero-order valence-corrected chi connectivity index (χ0v) is 23.5. The summed E-state index contributed by atoms with van der Waals surface area (Å²) in [5.41, 5.74) is 4.81. The number of amides is 1. The number of nitrogens with zero attached hydrogens (tertiary/aromatic N) is 10. The molecule has 0 radical (unpaired) electrons. The van der Waals surface area contributed by atoms with Crippen molar-refractivity contribution in [3.63, 3.8) is 0 Å². The molecule has 4 aromatic heterocycles. The molecule has 0 bridgehead atoms. The molecule has 222 valence electrons. The SMILES string of the molecule is Cn1cnc(-c2ccc3oc(-c4ccnc(C(=O)N5CCN([C@H](c6ccccc6)c6nnn(C(F)F)n6)CC5)c4)nc3c2)c1. The largest absolute Gasteiger partial charge is 0.436 e. The van der Waals surface area contributed by atoms with Crippen molar-refractivity contribution in [2.24, 2.45) is 7.05 Å². The summed E-state index contributed by atoms with van der Waals surface area (Å²) in [5, 5.41) is 11.4. The number of benzene rings is 2. The van der Waals surface area contributed by atoms with Gasteiger partial charge in [-0.05, 0) is 41.1 Å². The molecule has 1 atom stereocenters. The molecule has 1 aliphatic heterocycles. The van der Waals surface area contributed by atoms with Crippen LogP contribution in [-0.2, 0) is 7.05 Å². The van der Waals surface area contributed by atoms with Crippen molar-refractivity contribution in [3.8, 4) is 22.7 Å². The Kier molecular flexibility index (Phi) is 7.10. The molecule has 1 amide bonds. The first kappa shape index (κ1) is 27.5. The van der Waals surface area contributed by atoms with Crippen LogP contribution in [0.2, 0.25) is 0 Å². The molecule has 0 aliphatic carbocycles. The third-order valence-electron chi connectivity index (χ3n) is 7.56. The lowest BCUT2D eigenvalue weighted by Crippen LogP contribution is -2.50. The fourth-order valence-electron chi connectivity index (χ4n) is 5.39. The van der Waals surface area contributed by atoms with Crippen molar-refractivity contribution < 1.29 is 18.0 Å². The summed E-state index contributed by atoms with van der Waals surface area (Å²) in [6, 6.07) is 18.1. The number of hydrogen-bond donors (Lipinski definition) is 0. The fraction of sp³-hybridized carbons (Fsp3) is 0.233. The molecule has 14 heteroatoms. The highest BCUT2D eigenvalue weighted by Gasteiger charge is 2.32. The van der Waals surface area contributed by atoms with Gasteiger partial charge in [-0.1, -0.05) is 35.1 Å². The number of fused-ring (bicyclic) bond motifs is 1. The van der Waals surface area contributed by atoms with E-state index in [2.05, 4.69) is 35.3 Å². The Labute approximate surface area is 249 Å². The van der Waals surface area contributed by atoms with Gasteiger partial charge in [0.15, 0.2) is 11.4 Å². The van der Waals surface area contributed by atoms with Gasteiger partial charge in [-0.15, -0.1) is 10.2 Å². The van der Waals surface area contributed by atoms with E-state index in [-0.39, 0.29) is 17.4 Å². The minimum Gasteiger partial charge on any atom is -0.436 e. The first-order chi connectivity index (χ1) is 21.4. The predicted molar refractivity (Wildman–Crippen MR) is 154 cm³/mol. The van der Waals surface area contributed by atoms with Crippen molar-refractivity contribution in [3.05, 3.63) is 96.5 Å². The van der Waals surface area contributed by atoms with Crippen LogP contribution in [0.5, 0.6) is 0 Å². The summed E-state index contributed by atoms with van der Waals surface area (Å²) in [5.74, 6) is 0.337. The molecular formula is C30H26F2N10O2. The van der Waals surface area contributed by atoms with Crippen molar-refractivity contribution in [1.29, 1.82) is 0 Å². The van der Waals surface area contributed by atoms with E-state index >= 15 is 0 Å². The van der Waals surface area contributed by atoms with E-state index in [1.165, 1.54) is 0 Å². The summed E-state index contributed by atoms with van der Waals surface area (Å²) in [4.78, 5) is 31.0. The average molecular weight is 597 g/mol. The molecule has 1 aliphatic rings. The van der Waals surface area contributed by atoms with Crippen LogP contribution in [-0.4, -0.2) is 81.6 Å². The quantitative estimate of drug-likeness (QED) is 0.266. The molecule has 12 nitrogen and oxygen atoms in total. The Morgan fingerprint density at radius 1 is 0.955 bits per heavy atom. The van der Waals surface area contributed by atoms with Gasteiger partial charge in [0, 0.05) is 56.7 Å². The van der Waals surface area contributed by atoms with Crippen molar-refractivity contribution in [1.82, 2.24) is 49.5 Å². The smallest absolute Gasteiger partial charge is 0.350 e. The maximum atomic E-state index is 13.5. The summed E-state index contributed by atoms with van der Waals surface area (Å²) in [6.07, 6.45) is 5.24. The monoisotopic (exact) mass is 596 g/mol. The highest BCUT2D eigenvalue weighted by atomic mass is 19.3. The number of piperazine rings is 1. The fourth-order valence-corrected chi connectivity index (χ4v) is 5.39. The zero-order valence-electron chi connectivity index (χ0n) is 23.5. The molecule has 7 rings (SSSR count). The molecule has 1 saturated heterocycles. The number of carbonyl (C=O) groups excluding carboxylic acids is 1. The highest BCUT2D eigenvalue weighted by molar-refractivity contribution is 5.93.